The van der Waals surface area contributed by atoms with Crippen LogP contribution in [-0.2, 0) is 4.79 Å². The average Bonchev–Trinajstić information content (AvgIpc) is 3.15. The van der Waals surface area contributed by atoms with Crippen molar-refractivity contribution in [2.45, 2.75) is 19.3 Å². The third kappa shape index (κ3) is 5.48. The van der Waals surface area contributed by atoms with Crippen molar-refractivity contribution in [2.75, 3.05) is 5.43 Å². The Labute approximate surface area is 109 Å². The van der Waals surface area contributed by atoms with Crippen molar-refractivity contribution >= 4 is 27.4 Å². The molecule has 0 atom stereocenters. The number of nitrogens with two attached hydrogens (primary N) is 1. The molecule has 0 aromatic heterocycles. The van der Waals surface area contributed by atoms with Gasteiger partial charge in [0, 0.05) is 16.1 Å². The number of nitrogen functional groups attached to an aromatic ring is 1. The number of hydrazine groups is 1. The van der Waals surface area contributed by atoms with Gasteiger partial charge in [-0.15, -0.1) is 0 Å². The van der Waals surface area contributed by atoms with Crippen LogP contribution in [0, 0.1) is 17.2 Å². The number of ketones is 1. The fraction of sp³-hybridized carbons (Fsp3) is 0.333. The highest BCUT2D eigenvalue weighted by molar-refractivity contribution is 9.10. The maximum Gasteiger partial charge on any atom is 0.149 e. The third-order valence-electron chi connectivity index (χ3n) is 2.30. The predicted octanol–water partition coefficient (Wildman–Crippen LogP) is 2.61. The standard InChI is InChI=1S/C6H7BrN2.C6H7NO/c7-5-1-3-6(9-8)4-2-5;7-4-3-6(8)5-1-2-5/h1-4,9H,8H2;5H,1-3H2. The first kappa shape index (κ1) is 13.7. The summed E-state index contributed by atoms with van der Waals surface area (Å²) >= 11 is 3.31. The van der Waals surface area contributed by atoms with Crippen LogP contribution in [0.1, 0.15) is 19.3 Å². The fourth-order valence-corrected chi connectivity index (χ4v) is 1.44. The SMILES string of the molecule is N#CCC(=O)C1CC1.NNc1ccc(Br)cc1. The smallest absolute Gasteiger partial charge is 0.149 e. The molecule has 1 aliphatic carbocycles. The topological polar surface area (TPSA) is 78.9 Å². The summed E-state index contributed by atoms with van der Waals surface area (Å²) in [6.45, 7) is 0. The molecule has 1 aromatic rings. The second-order valence-electron chi connectivity index (χ2n) is 3.73. The Hall–Kier alpha value is -1.38. The van der Waals surface area contributed by atoms with Crippen LogP contribution < -0.4 is 11.3 Å². The molecule has 5 heteroatoms. The molecule has 0 saturated heterocycles. The van der Waals surface area contributed by atoms with Crippen LogP contribution in [0.25, 0.3) is 0 Å². The van der Waals surface area contributed by atoms with E-state index in [0.717, 1.165) is 23.0 Å². The predicted molar refractivity (Wildman–Crippen MR) is 69.9 cm³/mol. The molecule has 1 aliphatic rings. The summed E-state index contributed by atoms with van der Waals surface area (Å²) in [6, 6.07) is 9.48. The van der Waals surface area contributed by atoms with Crippen LogP contribution in [0.4, 0.5) is 5.69 Å². The van der Waals surface area contributed by atoms with E-state index in [2.05, 4.69) is 21.4 Å². The summed E-state index contributed by atoms with van der Waals surface area (Å²) < 4.78 is 1.06. The molecule has 0 bridgehead atoms. The quantitative estimate of drug-likeness (QED) is 0.664. The van der Waals surface area contributed by atoms with Gasteiger partial charge in [0.2, 0.25) is 0 Å². The average molecular weight is 296 g/mol. The molecule has 0 amide bonds. The van der Waals surface area contributed by atoms with E-state index >= 15 is 0 Å². The lowest BCUT2D eigenvalue weighted by Crippen LogP contribution is -2.05. The van der Waals surface area contributed by atoms with Crippen LogP contribution >= 0.6 is 15.9 Å². The minimum absolute atomic E-state index is 0.116. The molecule has 90 valence electrons. The lowest BCUT2D eigenvalue weighted by atomic mass is 10.2. The number of benzene rings is 1. The number of carbonyl (C=O) groups excluding carboxylic acids is 1. The number of hydrogen-bond acceptors (Lipinski definition) is 4. The van der Waals surface area contributed by atoms with Crippen LogP contribution in [0.15, 0.2) is 28.7 Å². The summed E-state index contributed by atoms with van der Waals surface area (Å²) in [6.07, 6.45) is 2.14. The molecule has 1 aromatic carbocycles. The van der Waals surface area contributed by atoms with Gasteiger partial charge < -0.3 is 5.43 Å². The normalized spacial score (nSPS) is 13.0. The number of halogens is 1. The lowest BCUT2D eigenvalue weighted by Gasteiger charge is -1.96. The van der Waals surface area contributed by atoms with E-state index in [0.29, 0.717) is 0 Å². The lowest BCUT2D eigenvalue weighted by molar-refractivity contribution is -0.119. The van der Waals surface area contributed by atoms with Crippen molar-refractivity contribution in [1.29, 1.82) is 5.26 Å². The fourth-order valence-electron chi connectivity index (χ4n) is 1.17. The van der Waals surface area contributed by atoms with Gasteiger partial charge in [-0.2, -0.15) is 5.26 Å². The molecule has 17 heavy (non-hydrogen) atoms. The van der Waals surface area contributed by atoms with E-state index in [9.17, 15) is 4.79 Å². The van der Waals surface area contributed by atoms with Gasteiger partial charge >= 0.3 is 0 Å². The minimum Gasteiger partial charge on any atom is -0.324 e. The van der Waals surface area contributed by atoms with Crippen molar-refractivity contribution in [2.24, 2.45) is 11.8 Å². The summed E-state index contributed by atoms with van der Waals surface area (Å²) in [5.74, 6) is 5.53. The van der Waals surface area contributed by atoms with E-state index in [4.69, 9.17) is 11.1 Å². The van der Waals surface area contributed by atoms with Crippen molar-refractivity contribution in [3.05, 3.63) is 28.7 Å². The largest absolute Gasteiger partial charge is 0.324 e. The molecule has 0 radical (unpaired) electrons. The Morgan fingerprint density at radius 3 is 2.47 bits per heavy atom. The molecular formula is C12H14BrN3O. The zero-order chi connectivity index (χ0) is 12.7. The maximum absolute atomic E-state index is 10.6. The second kappa shape index (κ2) is 7.05. The van der Waals surface area contributed by atoms with E-state index in [-0.39, 0.29) is 18.1 Å². The third-order valence-corrected chi connectivity index (χ3v) is 2.83. The number of Topliss-reactive ketones (excluding diaryl/α,β-unsaturated/α-hetero) is 1. The van der Waals surface area contributed by atoms with Gasteiger partial charge in [-0.25, -0.2) is 0 Å². The summed E-state index contributed by atoms with van der Waals surface area (Å²) in [4.78, 5) is 10.6. The zero-order valence-corrected chi connectivity index (χ0v) is 10.9. The molecule has 3 N–H and O–H groups in total. The summed E-state index contributed by atoms with van der Waals surface area (Å²) in [5.41, 5.74) is 3.45. The summed E-state index contributed by atoms with van der Waals surface area (Å²) in [7, 11) is 0. The van der Waals surface area contributed by atoms with Crippen LogP contribution in [-0.4, -0.2) is 5.78 Å². The van der Waals surface area contributed by atoms with Crippen LogP contribution in [0.2, 0.25) is 0 Å². The zero-order valence-electron chi connectivity index (χ0n) is 9.32. The molecule has 1 fully saturated rings. The molecule has 0 heterocycles. The number of anilines is 1. The first-order chi connectivity index (χ1) is 8.17. The van der Waals surface area contributed by atoms with Crippen molar-refractivity contribution in [3.63, 3.8) is 0 Å². The molecule has 0 spiro atoms. The second-order valence-corrected chi connectivity index (χ2v) is 4.64. The molecule has 4 nitrogen and oxygen atoms in total. The van der Waals surface area contributed by atoms with Crippen molar-refractivity contribution in [1.82, 2.24) is 0 Å². The van der Waals surface area contributed by atoms with E-state index < -0.39 is 0 Å². The maximum atomic E-state index is 10.6. The van der Waals surface area contributed by atoms with Gasteiger partial charge in [0.1, 0.15) is 5.78 Å². The van der Waals surface area contributed by atoms with Gasteiger partial charge in [-0.3, -0.25) is 10.6 Å². The monoisotopic (exact) mass is 295 g/mol. The molecular weight excluding hydrogens is 282 g/mol. The highest BCUT2D eigenvalue weighted by Crippen LogP contribution is 2.30. The highest BCUT2D eigenvalue weighted by Gasteiger charge is 2.28. The number of nitriles is 1. The Bertz CT molecular complexity index is 407. The van der Waals surface area contributed by atoms with Crippen molar-refractivity contribution < 1.29 is 4.79 Å². The number of rotatable bonds is 3. The molecule has 0 unspecified atom stereocenters. The number of nitrogens with zero attached hydrogens (tertiary/aromatic N) is 1. The minimum atomic E-state index is 0.116. The van der Waals surface area contributed by atoms with Gasteiger partial charge in [-0.05, 0) is 37.1 Å². The van der Waals surface area contributed by atoms with Gasteiger partial charge in [0.25, 0.3) is 0 Å². The van der Waals surface area contributed by atoms with Crippen molar-refractivity contribution in [3.8, 4) is 6.07 Å². The van der Waals surface area contributed by atoms with E-state index in [1.54, 1.807) is 0 Å². The number of hydrogen-bond donors (Lipinski definition) is 2. The summed E-state index contributed by atoms with van der Waals surface area (Å²) in [5, 5.41) is 8.04. The highest BCUT2D eigenvalue weighted by atomic mass is 79.9. The Morgan fingerprint density at radius 2 is 2.06 bits per heavy atom. The molecule has 2 rings (SSSR count). The molecule has 0 aliphatic heterocycles. The number of nitrogens with one attached hydrogen (secondary N) is 1. The van der Waals surface area contributed by atoms with Crippen LogP contribution in [0.5, 0.6) is 0 Å². The first-order valence-corrected chi connectivity index (χ1v) is 6.08. The Morgan fingerprint density at radius 1 is 1.47 bits per heavy atom. The first-order valence-electron chi connectivity index (χ1n) is 5.29. The van der Waals surface area contributed by atoms with E-state index in [1.165, 1.54) is 0 Å². The molecule has 1 saturated carbocycles. The van der Waals surface area contributed by atoms with E-state index in [1.807, 2.05) is 30.3 Å². The van der Waals surface area contributed by atoms with Gasteiger partial charge in [0.05, 0.1) is 12.5 Å². The van der Waals surface area contributed by atoms with Crippen LogP contribution in [0.3, 0.4) is 0 Å². The van der Waals surface area contributed by atoms with Gasteiger partial charge in [-0.1, -0.05) is 15.9 Å². The Balaban J connectivity index is 0.000000171. The Kier molecular flexibility index (Phi) is 5.67. The number of carbonyl (C=O) groups is 1. The van der Waals surface area contributed by atoms with Gasteiger partial charge in [0.15, 0.2) is 0 Å².